The van der Waals surface area contributed by atoms with Crippen molar-refractivity contribution in [3.63, 3.8) is 0 Å². The van der Waals surface area contributed by atoms with E-state index in [-0.39, 0.29) is 35.5 Å². The van der Waals surface area contributed by atoms with Crippen molar-refractivity contribution in [1.82, 2.24) is 5.01 Å². The Labute approximate surface area is 319 Å². The SMILES string of the molecule is COc1cc(C2C3=CCC4C(=O)N(c5cccc(B(O)O)c5)C(=O)C4C3CC3C(=O)N(Nc4ccc(C)cc4)C(=O)C32c2ccccc2)cc(I)c1O. The first-order chi connectivity index (χ1) is 25.5. The van der Waals surface area contributed by atoms with Gasteiger partial charge in [0.25, 0.3) is 11.8 Å². The minimum atomic E-state index is -1.80. The summed E-state index contributed by atoms with van der Waals surface area (Å²) in [6.45, 7) is 1.94. The number of aryl methyl sites for hydroxylation is 1. The number of carbonyl (C=O) groups is 4. The summed E-state index contributed by atoms with van der Waals surface area (Å²) >= 11 is 2.02. The zero-order valence-electron chi connectivity index (χ0n) is 28.8. The van der Waals surface area contributed by atoms with E-state index in [9.17, 15) is 29.5 Å². The van der Waals surface area contributed by atoms with Gasteiger partial charge in [-0.25, -0.2) is 0 Å². The lowest BCUT2D eigenvalue weighted by Gasteiger charge is -2.50. The van der Waals surface area contributed by atoms with Gasteiger partial charge in [0.1, 0.15) is 0 Å². The molecule has 0 spiro atoms. The molecule has 13 heteroatoms. The van der Waals surface area contributed by atoms with Gasteiger partial charge in [0.05, 0.1) is 45.2 Å². The van der Waals surface area contributed by atoms with Crippen LogP contribution >= 0.6 is 22.6 Å². The van der Waals surface area contributed by atoms with Gasteiger partial charge in [-0.2, -0.15) is 5.01 Å². The van der Waals surface area contributed by atoms with Crippen LogP contribution in [-0.4, -0.2) is 58.0 Å². The predicted molar refractivity (Wildman–Crippen MR) is 205 cm³/mol. The summed E-state index contributed by atoms with van der Waals surface area (Å²) in [4.78, 5) is 60.0. The summed E-state index contributed by atoms with van der Waals surface area (Å²) in [7, 11) is -0.352. The Morgan fingerprint density at radius 1 is 0.887 bits per heavy atom. The highest BCUT2D eigenvalue weighted by Gasteiger charge is 2.70. The first-order valence-corrected chi connectivity index (χ1v) is 18.4. The number of amides is 4. The van der Waals surface area contributed by atoms with Gasteiger partial charge in [-0.3, -0.25) is 29.5 Å². The number of fused-ring (bicyclic) bond motifs is 4. The molecule has 0 radical (unpaired) electrons. The van der Waals surface area contributed by atoms with Crippen LogP contribution in [0, 0.1) is 34.2 Å². The number of phenols is 1. The van der Waals surface area contributed by atoms with Crippen molar-refractivity contribution in [2.24, 2.45) is 23.7 Å². The van der Waals surface area contributed by atoms with Crippen molar-refractivity contribution >= 4 is 70.2 Å². The number of nitrogens with one attached hydrogen (secondary N) is 1. The van der Waals surface area contributed by atoms with Gasteiger partial charge in [-0.1, -0.05) is 71.8 Å². The van der Waals surface area contributed by atoms with E-state index in [1.165, 1.54) is 19.2 Å². The number of carbonyl (C=O) groups excluding carboxylic acids is 4. The van der Waals surface area contributed by atoms with Crippen molar-refractivity contribution in [3.05, 3.63) is 123 Å². The van der Waals surface area contributed by atoms with Gasteiger partial charge in [-0.05, 0) is 101 Å². The largest absolute Gasteiger partial charge is 0.504 e. The Kier molecular flexibility index (Phi) is 8.70. The molecule has 0 bridgehead atoms. The number of halogens is 1. The third kappa shape index (κ3) is 5.30. The number of rotatable bonds is 7. The molecule has 4 N–H and O–H groups in total. The standard InChI is InChI=1S/C40H35BIN3O8/c1-21-11-13-25(14-12-21)43-45-37(48)30-20-29-27(15-16-28-33(29)38(49)44(36(28)47)26-10-6-9-24(19-26)41(51)52)34(22-17-31(42)35(46)32(18-22)53-2)40(30,39(45)50)23-7-4-3-5-8-23/h3-15,17-19,28-30,33-34,43,46,51-52H,16,20H2,1-2H3. The highest BCUT2D eigenvalue weighted by atomic mass is 127. The number of allylic oxidation sites excluding steroid dienone is 2. The van der Waals surface area contributed by atoms with Crippen LogP contribution in [0.15, 0.2) is 103 Å². The van der Waals surface area contributed by atoms with Crippen molar-refractivity contribution in [2.45, 2.75) is 31.1 Å². The van der Waals surface area contributed by atoms with Crippen LogP contribution in [0.1, 0.15) is 35.4 Å². The normalized spacial score (nSPS) is 26.2. The topological polar surface area (TPSA) is 157 Å². The van der Waals surface area contributed by atoms with Gasteiger partial charge in [-0.15, -0.1) is 0 Å². The van der Waals surface area contributed by atoms with Crippen LogP contribution in [0.25, 0.3) is 0 Å². The number of hydrogen-bond donors (Lipinski definition) is 4. The molecule has 268 valence electrons. The van der Waals surface area contributed by atoms with Crippen molar-refractivity contribution < 1.29 is 39.1 Å². The molecule has 2 saturated heterocycles. The Bertz CT molecular complexity index is 2210. The lowest BCUT2D eigenvalue weighted by Crippen LogP contribution is -2.53. The van der Waals surface area contributed by atoms with Crippen LogP contribution < -0.4 is 20.5 Å². The molecule has 8 rings (SSSR count). The molecule has 6 atom stereocenters. The van der Waals surface area contributed by atoms with Gasteiger partial charge < -0.3 is 19.9 Å². The zero-order chi connectivity index (χ0) is 37.3. The van der Waals surface area contributed by atoms with Crippen LogP contribution in [0.2, 0.25) is 0 Å². The first-order valence-electron chi connectivity index (χ1n) is 17.3. The van der Waals surface area contributed by atoms with E-state index >= 15 is 4.79 Å². The minimum absolute atomic E-state index is 0.0638. The third-order valence-electron chi connectivity index (χ3n) is 11.4. The molecule has 2 aliphatic heterocycles. The molecule has 4 amide bonds. The molecule has 3 fully saturated rings. The monoisotopic (exact) mass is 823 g/mol. The fourth-order valence-electron chi connectivity index (χ4n) is 9.12. The summed E-state index contributed by atoms with van der Waals surface area (Å²) in [6.07, 6.45) is 2.29. The second kappa shape index (κ2) is 13.1. The molecule has 0 aromatic heterocycles. The molecule has 11 nitrogen and oxygen atoms in total. The van der Waals surface area contributed by atoms with E-state index in [0.717, 1.165) is 21.0 Å². The first kappa shape index (κ1) is 35.1. The third-order valence-corrected chi connectivity index (χ3v) is 12.2. The highest BCUT2D eigenvalue weighted by Crippen LogP contribution is 2.64. The lowest BCUT2D eigenvalue weighted by atomic mass is 9.49. The Hall–Kier alpha value is -4.99. The quantitative estimate of drug-likeness (QED) is 0.0930. The van der Waals surface area contributed by atoms with Gasteiger partial charge in [0, 0.05) is 5.92 Å². The summed E-state index contributed by atoms with van der Waals surface area (Å²) in [6, 6.07) is 26.1. The number of ether oxygens (including phenoxy) is 1. The number of nitrogens with zero attached hydrogens (tertiary/aromatic N) is 2. The summed E-state index contributed by atoms with van der Waals surface area (Å²) in [5, 5.41) is 31.7. The maximum absolute atomic E-state index is 15.3. The number of phenolic OH excluding ortho intramolecular Hbond substituents is 1. The fourth-order valence-corrected chi connectivity index (χ4v) is 9.74. The van der Waals surface area contributed by atoms with Crippen molar-refractivity contribution in [1.29, 1.82) is 0 Å². The summed E-state index contributed by atoms with van der Waals surface area (Å²) in [5.74, 6) is -5.58. The molecule has 1 saturated carbocycles. The molecule has 2 heterocycles. The second-order valence-corrected chi connectivity index (χ2v) is 15.3. The maximum atomic E-state index is 15.3. The van der Waals surface area contributed by atoms with Crippen molar-refractivity contribution in [3.8, 4) is 11.5 Å². The van der Waals surface area contributed by atoms with E-state index in [4.69, 9.17) is 4.74 Å². The second-order valence-electron chi connectivity index (χ2n) is 14.1. The molecular formula is C40H35BIN3O8. The lowest BCUT2D eigenvalue weighted by molar-refractivity contribution is -0.138. The minimum Gasteiger partial charge on any atom is -0.504 e. The average molecular weight is 823 g/mol. The summed E-state index contributed by atoms with van der Waals surface area (Å²) < 4.78 is 6.08. The van der Waals surface area contributed by atoms with E-state index in [0.29, 0.717) is 20.4 Å². The number of benzene rings is 4. The number of hydrogen-bond acceptors (Lipinski definition) is 9. The van der Waals surface area contributed by atoms with E-state index < -0.39 is 65.8 Å². The molecular weight excluding hydrogens is 788 g/mol. The van der Waals surface area contributed by atoms with Gasteiger partial charge in [0.15, 0.2) is 11.5 Å². The molecule has 4 aromatic carbocycles. The molecule has 4 aliphatic rings. The Morgan fingerprint density at radius 2 is 1.62 bits per heavy atom. The average Bonchev–Trinajstić information content (AvgIpc) is 3.54. The van der Waals surface area contributed by atoms with Crippen LogP contribution in [-0.2, 0) is 24.6 Å². The smallest absolute Gasteiger partial charge is 0.488 e. The van der Waals surface area contributed by atoms with Crippen LogP contribution in [0.4, 0.5) is 11.4 Å². The number of aromatic hydroxyl groups is 1. The number of imide groups is 2. The number of hydrazine groups is 1. The van der Waals surface area contributed by atoms with E-state index in [2.05, 4.69) is 5.43 Å². The van der Waals surface area contributed by atoms with Crippen LogP contribution in [0.5, 0.6) is 11.5 Å². The van der Waals surface area contributed by atoms with Crippen LogP contribution in [0.3, 0.4) is 0 Å². The molecule has 6 unspecified atom stereocenters. The van der Waals surface area contributed by atoms with E-state index in [1.807, 2.05) is 78.1 Å². The zero-order valence-corrected chi connectivity index (χ0v) is 30.9. The maximum Gasteiger partial charge on any atom is 0.488 e. The number of methoxy groups -OCH3 is 1. The predicted octanol–water partition coefficient (Wildman–Crippen LogP) is 4.18. The van der Waals surface area contributed by atoms with Gasteiger partial charge in [0.2, 0.25) is 11.8 Å². The van der Waals surface area contributed by atoms with Crippen molar-refractivity contribution in [2.75, 3.05) is 17.4 Å². The molecule has 2 aliphatic carbocycles. The fraction of sp³-hybridized carbons (Fsp3) is 0.250. The number of anilines is 2. The van der Waals surface area contributed by atoms with Gasteiger partial charge >= 0.3 is 7.12 Å². The van der Waals surface area contributed by atoms with E-state index in [1.54, 1.807) is 36.4 Å². The molecule has 53 heavy (non-hydrogen) atoms. The Morgan fingerprint density at radius 3 is 2.32 bits per heavy atom. The molecule has 4 aromatic rings. The Balaban J connectivity index is 1.32. The summed E-state index contributed by atoms with van der Waals surface area (Å²) in [5.41, 5.74) is 5.54. The highest BCUT2D eigenvalue weighted by molar-refractivity contribution is 14.1.